The van der Waals surface area contributed by atoms with Gasteiger partial charge in [0.1, 0.15) is 11.6 Å². The van der Waals surface area contributed by atoms with E-state index in [9.17, 15) is 4.79 Å². The van der Waals surface area contributed by atoms with Gasteiger partial charge in [-0.2, -0.15) is 0 Å². The minimum Gasteiger partial charge on any atom is -0.381 e. The predicted octanol–water partition coefficient (Wildman–Crippen LogP) is 1.88. The van der Waals surface area contributed by atoms with Gasteiger partial charge in [-0.3, -0.25) is 4.79 Å². The molecule has 4 rings (SSSR count). The van der Waals surface area contributed by atoms with Gasteiger partial charge in [0.15, 0.2) is 5.69 Å². The van der Waals surface area contributed by atoms with Crippen molar-refractivity contribution in [2.24, 2.45) is 11.8 Å². The Morgan fingerprint density at radius 3 is 2.92 bits per heavy atom. The molecular formula is C17H22N4O3. The van der Waals surface area contributed by atoms with E-state index in [1.807, 2.05) is 6.20 Å². The van der Waals surface area contributed by atoms with Gasteiger partial charge in [-0.25, -0.2) is 4.98 Å². The van der Waals surface area contributed by atoms with Crippen LogP contribution in [-0.2, 0) is 17.8 Å². The lowest BCUT2D eigenvalue weighted by Crippen LogP contribution is -2.35. The third-order valence-electron chi connectivity index (χ3n) is 4.61. The van der Waals surface area contributed by atoms with Gasteiger partial charge in [0.25, 0.3) is 5.91 Å². The molecule has 0 saturated heterocycles. The van der Waals surface area contributed by atoms with Crippen LogP contribution in [0.2, 0.25) is 0 Å². The smallest absolute Gasteiger partial charge is 0.276 e. The maximum atomic E-state index is 12.8. The van der Waals surface area contributed by atoms with E-state index in [0.29, 0.717) is 31.2 Å². The molecule has 1 saturated carbocycles. The number of fused-ring (bicyclic) bond motifs is 1. The molecule has 128 valence electrons. The lowest BCUT2D eigenvalue weighted by Gasteiger charge is -2.23. The normalized spacial score (nSPS) is 20.7. The number of aryl methyl sites for hydroxylation is 1. The van der Waals surface area contributed by atoms with Crippen LogP contribution < -0.4 is 0 Å². The molecule has 24 heavy (non-hydrogen) atoms. The van der Waals surface area contributed by atoms with Crippen molar-refractivity contribution in [3.8, 4) is 0 Å². The Morgan fingerprint density at radius 2 is 2.17 bits per heavy atom. The molecule has 0 radical (unpaired) electrons. The third-order valence-corrected chi connectivity index (χ3v) is 4.61. The minimum absolute atomic E-state index is 0.115. The highest BCUT2D eigenvalue weighted by atomic mass is 16.5. The molecule has 2 aromatic rings. The van der Waals surface area contributed by atoms with Gasteiger partial charge in [0.2, 0.25) is 0 Å². The summed E-state index contributed by atoms with van der Waals surface area (Å²) < 4.78 is 13.0. The Balaban J connectivity index is 1.48. The minimum atomic E-state index is -0.115. The number of nitrogens with zero attached hydrogens (tertiary/aromatic N) is 4. The average Bonchev–Trinajstić information content (AvgIpc) is 3.19. The quantitative estimate of drug-likeness (QED) is 0.837. The first-order valence-electron chi connectivity index (χ1n) is 8.49. The topological polar surface area (TPSA) is 73.4 Å². The highest BCUT2D eigenvalue weighted by Gasteiger charge is 2.29. The Bertz CT molecular complexity index is 719. The maximum Gasteiger partial charge on any atom is 0.276 e. The maximum absolute atomic E-state index is 12.8. The van der Waals surface area contributed by atoms with E-state index in [1.165, 1.54) is 12.8 Å². The van der Waals surface area contributed by atoms with Crippen molar-refractivity contribution in [1.82, 2.24) is 19.6 Å². The zero-order chi connectivity index (χ0) is 16.5. The van der Waals surface area contributed by atoms with Gasteiger partial charge in [-0.15, -0.1) is 0 Å². The van der Waals surface area contributed by atoms with E-state index in [4.69, 9.17) is 9.26 Å². The van der Waals surface area contributed by atoms with Gasteiger partial charge >= 0.3 is 0 Å². The second kappa shape index (κ2) is 6.39. The van der Waals surface area contributed by atoms with E-state index in [2.05, 4.69) is 14.7 Å². The zero-order valence-corrected chi connectivity index (χ0v) is 13.9. The number of imidazole rings is 1. The molecule has 7 heteroatoms. The van der Waals surface area contributed by atoms with Crippen LogP contribution in [0, 0.1) is 18.8 Å². The summed E-state index contributed by atoms with van der Waals surface area (Å²) in [6, 6.07) is 1.68. The van der Waals surface area contributed by atoms with Gasteiger partial charge < -0.3 is 18.7 Å². The molecule has 0 bridgehead atoms. The fourth-order valence-corrected chi connectivity index (χ4v) is 3.12. The molecule has 0 spiro atoms. The SMILES string of the molecule is Cc1cc(C(=O)N2Cc3nccn3C[C@@H](COCC3CC3)C2)no1. The summed E-state index contributed by atoms with van der Waals surface area (Å²) in [5.41, 5.74) is 0.352. The second-order valence-corrected chi connectivity index (χ2v) is 6.85. The summed E-state index contributed by atoms with van der Waals surface area (Å²) in [7, 11) is 0. The van der Waals surface area contributed by atoms with Crippen molar-refractivity contribution in [3.63, 3.8) is 0 Å². The predicted molar refractivity (Wildman–Crippen MR) is 85.2 cm³/mol. The van der Waals surface area contributed by atoms with Crippen LogP contribution in [0.5, 0.6) is 0 Å². The van der Waals surface area contributed by atoms with E-state index in [1.54, 1.807) is 24.1 Å². The van der Waals surface area contributed by atoms with Crippen LogP contribution in [0.4, 0.5) is 0 Å². The van der Waals surface area contributed by atoms with Crippen molar-refractivity contribution >= 4 is 5.91 Å². The molecule has 1 fully saturated rings. The van der Waals surface area contributed by atoms with Crippen molar-refractivity contribution < 1.29 is 14.1 Å². The van der Waals surface area contributed by atoms with Crippen molar-refractivity contribution in [3.05, 3.63) is 35.7 Å². The average molecular weight is 330 g/mol. The van der Waals surface area contributed by atoms with Crippen LogP contribution in [0.15, 0.2) is 23.0 Å². The number of aromatic nitrogens is 3. The molecule has 0 N–H and O–H groups in total. The highest BCUT2D eigenvalue weighted by Crippen LogP contribution is 2.29. The number of carbonyl (C=O) groups is 1. The Kier molecular flexibility index (Phi) is 4.10. The highest BCUT2D eigenvalue weighted by molar-refractivity contribution is 5.92. The number of hydrogen-bond acceptors (Lipinski definition) is 5. The summed E-state index contributed by atoms with van der Waals surface area (Å²) >= 11 is 0. The van der Waals surface area contributed by atoms with Crippen LogP contribution >= 0.6 is 0 Å². The molecule has 0 aromatic carbocycles. The molecule has 2 aromatic heterocycles. The number of amides is 1. The molecule has 0 unspecified atom stereocenters. The lowest BCUT2D eigenvalue weighted by atomic mass is 10.1. The molecule has 1 aliphatic heterocycles. The van der Waals surface area contributed by atoms with Gasteiger partial charge in [-0.05, 0) is 25.7 Å². The summed E-state index contributed by atoms with van der Waals surface area (Å²) in [5, 5.41) is 3.86. The first kappa shape index (κ1) is 15.4. The van der Waals surface area contributed by atoms with Gasteiger partial charge in [0.05, 0.1) is 13.2 Å². The summed E-state index contributed by atoms with van der Waals surface area (Å²) in [6.07, 6.45) is 6.32. The first-order chi connectivity index (χ1) is 11.7. The molecule has 7 nitrogen and oxygen atoms in total. The van der Waals surface area contributed by atoms with Crippen molar-refractivity contribution in [2.45, 2.75) is 32.9 Å². The second-order valence-electron chi connectivity index (χ2n) is 6.85. The van der Waals surface area contributed by atoms with Crippen molar-refractivity contribution in [2.75, 3.05) is 19.8 Å². The first-order valence-corrected chi connectivity index (χ1v) is 8.49. The molecule has 1 amide bonds. The Labute approximate surface area is 140 Å². The van der Waals surface area contributed by atoms with E-state index in [-0.39, 0.29) is 11.8 Å². The summed E-state index contributed by atoms with van der Waals surface area (Å²) in [6.45, 7) is 5.23. The lowest BCUT2D eigenvalue weighted by molar-refractivity contribution is 0.0564. The fourth-order valence-electron chi connectivity index (χ4n) is 3.12. The van der Waals surface area contributed by atoms with Crippen molar-refractivity contribution in [1.29, 1.82) is 0 Å². The number of ether oxygens (including phenoxy) is 1. The molecule has 2 aliphatic rings. The monoisotopic (exact) mass is 330 g/mol. The number of hydrogen-bond donors (Lipinski definition) is 0. The Hall–Kier alpha value is -2.15. The number of rotatable bonds is 5. The van der Waals surface area contributed by atoms with E-state index < -0.39 is 0 Å². The van der Waals surface area contributed by atoms with Crippen LogP contribution in [-0.4, -0.2) is 45.3 Å². The van der Waals surface area contributed by atoms with E-state index >= 15 is 0 Å². The standard InChI is InChI=1S/C17H22N4O3/c1-12-6-15(19-24-12)17(22)21-8-14(11-23-10-13-2-3-13)7-20-5-4-18-16(20)9-21/h4-6,13-14H,2-3,7-11H2,1H3/t14-/m1/s1. The third kappa shape index (κ3) is 3.36. The summed E-state index contributed by atoms with van der Waals surface area (Å²) in [5.74, 6) is 2.41. The molecular weight excluding hydrogens is 308 g/mol. The molecule has 3 heterocycles. The molecule has 1 atom stereocenters. The van der Waals surface area contributed by atoms with Crippen LogP contribution in [0.3, 0.4) is 0 Å². The van der Waals surface area contributed by atoms with Gasteiger partial charge in [-0.1, -0.05) is 5.16 Å². The summed E-state index contributed by atoms with van der Waals surface area (Å²) in [4.78, 5) is 18.9. The zero-order valence-electron chi connectivity index (χ0n) is 13.9. The molecule has 1 aliphatic carbocycles. The number of carbonyl (C=O) groups excluding carboxylic acids is 1. The van der Waals surface area contributed by atoms with Crippen LogP contribution in [0.25, 0.3) is 0 Å². The van der Waals surface area contributed by atoms with Gasteiger partial charge in [0, 0.05) is 44.1 Å². The Morgan fingerprint density at radius 1 is 1.33 bits per heavy atom. The van der Waals surface area contributed by atoms with Crippen LogP contribution in [0.1, 0.15) is 34.9 Å². The van der Waals surface area contributed by atoms with E-state index in [0.717, 1.165) is 24.9 Å². The fraction of sp³-hybridized carbons (Fsp3) is 0.588. The largest absolute Gasteiger partial charge is 0.381 e.